The number of hydrogen-bond acceptors (Lipinski definition) is 3. The second kappa shape index (κ2) is 6.62. The van der Waals surface area contributed by atoms with Crippen LogP contribution in [0.2, 0.25) is 0 Å². The second-order valence-corrected chi connectivity index (χ2v) is 3.90. The van der Waals surface area contributed by atoms with Gasteiger partial charge >= 0.3 is 5.97 Å². The van der Waals surface area contributed by atoms with Crippen molar-refractivity contribution in [3.8, 4) is 0 Å². The fourth-order valence-electron chi connectivity index (χ4n) is 1.41. The molecule has 1 aromatic heterocycles. The summed E-state index contributed by atoms with van der Waals surface area (Å²) in [6.45, 7) is 2.11. The number of aliphatic carboxylic acids is 1. The van der Waals surface area contributed by atoms with Crippen LogP contribution in [0, 0.1) is 5.92 Å². The minimum atomic E-state index is -0.957. The lowest BCUT2D eigenvalue weighted by Crippen LogP contribution is -2.32. The lowest BCUT2D eigenvalue weighted by atomic mass is 10.1. The number of amides is 1. The third-order valence-corrected chi connectivity index (χ3v) is 2.39. The number of hydrogen-bond donors (Lipinski definition) is 2. The van der Waals surface area contributed by atoms with Gasteiger partial charge in [0.05, 0.1) is 6.42 Å². The summed E-state index contributed by atoms with van der Waals surface area (Å²) in [5.41, 5.74) is 1.09. The zero-order valence-corrected chi connectivity index (χ0v) is 9.72. The van der Waals surface area contributed by atoms with E-state index >= 15 is 0 Å². The SMILES string of the molecule is CC(CC(=O)O)C(=O)NCCc1ccncc1. The van der Waals surface area contributed by atoms with Gasteiger partial charge in [0.25, 0.3) is 0 Å². The van der Waals surface area contributed by atoms with Gasteiger partial charge in [-0.05, 0) is 24.1 Å². The lowest BCUT2D eigenvalue weighted by Gasteiger charge is -2.09. The first-order chi connectivity index (χ1) is 8.09. The molecule has 0 aliphatic heterocycles. The summed E-state index contributed by atoms with van der Waals surface area (Å²) in [7, 11) is 0. The normalized spacial score (nSPS) is 11.8. The Kier molecular flexibility index (Phi) is 5.13. The highest BCUT2D eigenvalue weighted by atomic mass is 16.4. The Morgan fingerprint density at radius 3 is 2.65 bits per heavy atom. The van der Waals surface area contributed by atoms with Crippen molar-refractivity contribution in [3.05, 3.63) is 30.1 Å². The van der Waals surface area contributed by atoms with Crippen LogP contribution in [0.15, 0.2) is 24.5 Å². The number of aromatic nitrogens is 1. The van der Waals surface area contributed by atoms with Crippen molar-refractivity contribution in [1.29, 1.82) is 0 Å². The topological polar surface area (TPSA) is 79.3 Å². The molecule has 1 amide bonds. The predicted molar refractivity (Wildman–Crippen MR) is 62.4 cm³/mol. The molecule has 17 heavy (non-hydrogen) atoms. The van der Waals surface area contributed by atoms with E-state index in [0.717, 1.165) is 5.56 Å². The minimum Gasteiger partial charge on any atom is -0.481 e. The van der Waals surface area contributed by atoms with Crippen molar-refractivity contribution in [3.63, 3.8) is 0 Å². The van der Waals surface area contributed by atoms with Crippen LogP contribution in [0.1, 0.15) is 18.9 Å². The molecule has 2 N–H and O–H groups in total. The van der Waals surface area contributed by atoms with E-state index in [2.05, 4.69) is 10.3 Å². The third-order valence-electron chi connectivity index (χ3n) is 2.39. The van der Waals surface area contributed by atoms with Crippen LogP contribution in [-0.2, 0) is 16.0 Å². The Bertz CT molecular complexity index is 379. The summed E-state index contributed by atoms with van der Waals surface area (Å²) in [4.78, 5) is 25.8. The van der Waals surface area contributed by atoms with E-state index in [-0.39, 0.29) is 12.3 Å². The maximum absolute atomic E-state index is 11.5. The molecule has 0 fully saturated rings. The molecule has 0 spiro atoms. The molecule has 0 saturated carbocycles. The fraction of sp³-hybridized carbons (Fsp3) is 0.417. The van der Waals surface area contributed by atoms with Gasteiger partial charge in [-0.25, -0.2) is 0 Å². The number of carbonyl (C=O) groups is 2. The number of pyridine rings is 1. The van der Waals surface area contributed by atoms with E-state index in [9.17, 15) is 9.59 Å². The molecule has 0 aromatic carbocycles. The Labute approximate surface area is 99.9 Å². The number of nitrogens with zero attached hydrogens (tertiary/aromatic N) is 1. The van der Waals surface area contributed by atoms with Crippen molar-refractivity contribution in [1.82, 2.24) is 10.3 Å². The smallest absolute Gasteiger partial charge is 0.304 e. The Balaban J connectivity index is 2.27. The summed E-state index contributed by atoms with van der Waals surface area (Å²) in [6, 6.07) is 3.76. The van der Waals surface area contributed by atoms with Crippen molar-refractivity contribution >= 4 is 11.9 Å². The average molecular weight is 236 g/mol. The van der Waals surface area contributed by atoms with Crippen molar-refractivity contribution in [2.24, 2.45) is 5.92 Å². The summed E-state index contributed by atoms with van der Waals surface area (Å²) in [5.74, 6) is -1.67. The molecule has 1 heterocycles. The van der Waals surface area contributed by atoms with Gasteiger partial charge in [-0.3, -0.25) is 14.6 Å². The van der Waals surface area contributed by atoms with Crippen molar-refractivity contribution in [2.75, 3.05) is 6.54 Å². The van der Waals surface area contributed by atoms with Gasteiger partial charge < -0.3 is 10.4 Å². The number of rotatable bonds is 6. The highest BCUT2D eigenvalue weighted by Crippen LogP contribution is 2.02. The predicted octanol–water partition coefficient (Wildman–Crippen LogP) is 0.851. The van der Waals surface area contributed by atoms with Crippen LogP contribution in [0.3, 0.4) is 0 Å². The van der Waals surface area contributed by atoms with Crippen molar-refractivity contribution in [2.45, 2.75) is 19.8 Å². The molecule has 1 rings (SSSR count). The standard InChI is InChI=1S/C12H16N2O3/c1-9(8-11(15)16)12(17)14-7-4-10-2-5-13-6-3-10/h2-3,5-6,9H,4,7-8H2,1H3,(H,14,17)(H,15,16). The summed E-state index contributed by atoms with van der Waals surface area (Å²) in [6.07, 6.45) is 3.98. The maximum Gasteiger partial charge on any atom is 0.304 e. The van der Waals surface area contributed by atoms with Crippen LogP contribution in [-0.4, -0.2) is 28.5 Å². The van der Waals surface area contributed by atoms with Crippen LogP contribution in [0.5, 0.6) is 0 Å². The lowest BCUT2D eigenvalue weighted by molar-refractivity contribution is -0.140. The summed E-state index contributed by atoms with van der Waals surface area (Å²) in [5, 5.41) is 11.3. The number of carboxylic acids is 1. The van der Waals surface area contributed by atoms with Gasteiger partial charge in [0.1, 0.15) is 0 Å². The van der Waals surface area contributed by atoms with Gasteiger partial charge in [-0.2, -0.15) is 0 Å². The first kappa shape index (κ1) is 13.2. The van der Waals surface area contributed by atoms with Gasteiger partial charge in [-0.15, -0.1) is 0 Å². The van der Waals surface area contributed by atoms with E-state index < -0.39 is 11.9 Å². The van der Waals surface area contributed by atoms with Crippen molar-refractivity contribution < 1.29 is 14.7 Å². The van der Waals surface area contributed by atoms with Gasteiger partial charge in [0.2, 0.25) is 5.91 Å². The van der Waals surface area contributed by atoms with Crippen LogP contribution >= 0.6 is 0 Å². The van der Waals surface area contributed by atoms with E-state index in [4.69, 9.17) is 5.11 Å². The quantitative estimate of drug-likeness (QED) is 0.767. The zero-order valence-electron chi connectivity index (χ0n) is 9.72. The van der Waals surface area contributed by atoms with Crippen LogP contribution < -0.4 is 5.32 Å². The van der Waals surface area contributed by atoms with Crippen LogP contribution in [0.4, 0.5) is 0 Å². The van der Waals surface area contributed by atoms with Gasteiger partial charge in [0.15, 0.2) is 0 Å². The van der Waals surface area contributed by atoms with Gasteiger partial charge in [-0.1, -0.05) is 6.92 Å². The molecule has 1 unspecified atom stereocenters. The fourth-order valence-corrected chi connectivity index (χ4v) is 1.41. The zero-order chi connectivity index (χ0) is 12.7. The van der Waals surface area contributed by atoms with E-state index in [1.807, 2.05) is 12.1 Å². The van der Waals surface area contributed by atoms with E-state index in [1.165, 1.54) is 0 Å². The first-order valence-electron chi connectivity index (χ1n) is 5.48. The molecular weight excluding hydrogens is 220 g/mol. The molecule has 0 bridgehead atoms. The molecule has 1 atom stereocenters. The maximum atomic E-state index is 11.5. The molecule has 0 aliphatic rings. The van der Waals surface area contributed by atoms with E-state index in [1.54, 1.807) is 19.3 Å². The third kappa shape index (κ3) is 5.10. The summed E-state index contributed by atoms with van der Waals surface area (Å²) >= 11 is 0. The highest BCUT2D eigenvalue weighted by molar-refractivity contribution is 5.82. The largest absolute Gasteiger partial charge is 0.481 e. The minimum absolute atomic E-state index is 0.138. The Hall–Kier alpha value is -1.91. The summed E-state index contributed by atoms with van der Waals surface area (Å²) < 4.78 is 0. The first-order valence-corrected chi connectivity index (χ1v) is 5.48. The molecule has 0 radical (unpaired) electrons. The molecule has 92 valence electrons. The Morgan fingerprint density at radius 1 is 1.41 bits per heavy atom. The molecule has 5 nitrogen and oxygen atoms in total. The molecule has 5 heteroatoms. The average Bonchev–Trinajstić information content (AvgIpc) is 2.29. The van der Waals surface area contributed by atoms with Crippen LogP contribution in [0.25, 0.3) is 0 Å². The Morgan fingerprint density at radius 2 is 2.06 bits per heavy atom. The second-order valence-electron chi connectivity index (χ2n) is 3.90. The molecule has 0 saturated heterocycles. The number of nitrogens with one attached hydrogen (secondary N) is 1. The van der Waals surface area contributed by atoms with Gasteiger partial charge in [0, 0.05) is 24.9 Å². The molecule has 0 aliphatic carbocycles. The number of carbonyl (C=O) groups excluding carboxylic acids is 1. The molecular formula is C12H16N2O3. The highest BCUT2D eigenvalue weighted by Gasteiger charge is 2.15. The monoisotopic (exact) mass is 236 g/mol. The molecule has 1 aromatic rings. The number of carboxylic acid groups (broad SMARTS) is 1. The van der Waals surface area contributed by atoms with E-state index in [0.29, 0.717) is 13.0 Å².